The summed E-state index contributed by atoms with van der Waals surface area (Å²) in [4.78, 5) is 14.1. The summed E-state index contributed by atoms with van der Waals surface area (Å²) in [5, 5.41) is 4.15. The van der Waals surface area contributed by atoms with Crippen LogP contribution in [0.15, 0.2) is 36.7 Å². The second-order valence-corrected chi connectivity index (χ2v) is 6.40. The molecule has 2 aromatic rings. The molecule has 0 fully saturated rings. The van der Waals surface area contributed by atoms with Crippen LogP contribution in [0.2, 0.25) is 0 Å². The minimum absolute atomic E-state index is 0.00897. The molecule has 1 aromatic carbocycles. The van der Waals surface area contributed by atoms with Crippen molar-refractivity contribution in [1.82, 2.24) is 9.78 Å². The predicted octanol–water partition coefficient (Wildman–Crippen LogP) is 1.87. The van der Waals surface area contributed by atoms with Crippen molar-refractivity contribution < 1.29 is 9.00 Å². The van der Waals surface area contributed by atoms with Gasteiger partial charge in [-0.1, -0.05) is 18.2 Å². The van der Waals surface area contributed by atoms with Crippen LogP contribution in [0.4, 0.5) is 5.69 Å². The van der Waals surface area contributed by atoms with E-state index in [9.17, 15) is 9.00 Å². The third-order valence-electron chi connectivity index (χ3n) is 3.18. The number of aryl methyl sites for hydroxylation is 2. The van der Waals surface area contributed by atoms with Crippen molar-refractivity contribution in [1.29, 1.82) is 0 Å². The summed E-state index contributed by atoms with van der Waals surface area (Å²) in [6.07, 6.45) is 5.01. The minimum atomic E-state index is -1.17. The Hall–Kier alpha value is -1.95. The number of carbonyl (C=O) groups is 1. The molecule has 0 radical (unpaired) electrons. The molecule has 5 nitrogen and oxygen atoms in total. The SMILES string of the molecule is Cc1cccc(C)c1N(Cn1cccn1)C(=O)C[S@](C)=O. The molecule has 6 heteroatoms. The number of anilines is 1. The van der Waals surface area contributed by atoms with E-state index >= 15 is 0 Å². The molecule has 1 atom stereocenters. The van der Waals surface area contributed by atoms with Gasteiger partial charge in [0.15, 0.2) is 0 Å². The molecule has 0 aliphatic rings. The number of rotatable bonds is 5. The topological polar surface area (TPSA) is 55.2 Å². The summed E-state index contributed by atoms with van der Waals surface area (Å²) < 4.78 is 13.1. The average molecular weight is 305 g/mol. The largest absolute Gasteiger partial charge is 0.291 e. The Kier molecular flexibility index (Phi) is 4.90. The van der Waals surface area contributed by atoms with Crippen molar-refractivity contribution in [3.63, 3.8) is 0 Å². The Morgan fingerprint density at radius 3 is 2.48 bits per heavy atom. The van der Waals surface area contributed by atoms with E-state index in [1.165, 1.54) is 6.26 Å². The van der Waals surface area contributed by atoms with Gasteiger partial charge in [-0.3, -0.25) is 18.6 Å². The van der Waals surface area contributed by atoms with Crippen molar-refractivity contribution in [3.05, 3.63) is 47.8 Å². The number of nitrogens with zero attached hydrogens (tertiary/aromatic N) is 3. The number of amides is 1. The first kappa shape index (κ1) is 15.4. The van der Waals surface area contributed by atoms with Crippen LogP contribution in [-0.2, 0) is 22.3 Å². The molecule has 21 heavy (non-hydrogen) atoms. The third-order valence-corrected chi connectivity index (χ3v) is 3.84. The van der Waals surface area contributed by atoms with Crippen LogP contribution >= 0.6 is 0 Å². The standard InChI is InChI=1S/C15H19N3O2S/c1-12-6-4-7-13(2)15(12)18(14(19)10-21(3)20)11-17-9-5-8-16-17/h4-9H,10-11H2,1-3H3/t21-/m0/s1. The van der Waals surface area contributed by atoms with E-state index in [4.69, 9.17) is 0 Å². The molecule has 0 aliphatic heterocycles. The van der Waals surface area contributed by atoms with Crippen LogP contribution in [0.25, 0.3) is 0 Å². The van der Waals surface area contributed by atoms with Crippen LogP contribution in [-0.4, -0.2) is 31.9 Å². The molecule has 1 heterocycles. The van der Waals surface area contributed by atoms with Crippen LogP contribution in [0.3, 0.4) is 0 Å². The van der Waals surface area contributed by atoms with Crippen molar-refractivity contribution >= 4 is 22.4 Å². The van der Waals surface area contributed by atoms with Gasteiger partial charge in [-0.2, -0.15) is 5.10 Å². The normalized spacial score (nSPS) is 12.1. The van der Waals surface area contributed by atoms with Gasteiger partial charge in [0.25, 0.3) is 0 Å². The Morgan fingerprint density at radius 2 is 1.95 bits per heavy atom. The first-order valence-corrected chi connectivity index (χ1v) is 8.36. The smallest absolute Gasteiger partial charge is 0.241 e. The lowest BCUT2D eigenvalue weighted by molar-refractivity contribution is -0.116. The quantitative estimate of drug-likeness (QED) is 0.847. The molecule has 0 N–H and O–H groups in total. The number of para-hydroxylation sites is 1. The van der Waals surface area contributed by atoms with Crippen molar-refractivity contribution in [2.45, 2.75) is 20.5 Å². The number of benzene rings is 1. The van der Waals surface area contributed by atoms with Gasteiger partial charge in [-0.05, 0) is 31.0 Å². The summed E-state index contributed by atoms with van der Waals surface area (Å²) in [7, 11) is -1.17. The molecule has 1 amide bonds. The van der Waals surface area contributed by atoms with Gasteiger partial charge >= 0.3 is 0 Å². The molecule has 0 saturated heterocycles. The minimum Gasteiger partial charge on any atom is -0.291 e. The highest BCUT2D eigenvalue weighted by Gasteiger charge is 2.20. The molecular formula is C15H19N3O2S. The van der Waals surface area contributed by atoms with Crippen LogP contribution < -0.4 is 4.90 Å². The van der Waals surface area contributed by atoms with E-state index in [2.05, 4.69) is 5.10 Å². The molecule has 0 saturated carbocycles. The van der Waals surface area contributed by atoms with Gasteiger partial charge < -0.3 is 0 Å². The highest BCUT2D eigenvalue weighted by atomic mass is 32.2. The van der Waals surface area contributed by atoms with Gasteiger partial charge in [0.05, 0.1) is 5.69 Å². The Bertz CT molecular complexity index is 633. The summed E-state index contributed by atoms with van der Waals surface area (Å²) in [5.74, 6) is -0.154. The number of hydrogen-bond acceptors (Lipinski definition) is 3. The summed E-state index contributed by atoms with van der Waals surface area (Å²) >= 11 is 0. The second-order valence-electron chi connectivity index (χ2n) is 4.97. The van der Waals surface area contributed by atoms with E-state index in [-0.39, 0.29) is 11.7 Å². The number of aromatic nitrogens is 2. The molecule has 1 aromatic heterocycles. The molecule has 0 aliphatic carbocycles. The molecule has 0 spiro atoms. The lowest BCUT2D eigenvalue weighted by Gasteiger charge is -2.26. The van der Waals surface area contributed by atoms with Gasteiger partial charge in [0, 0.05) is 29.4 Å². The highest BCUT2D eigenvalue weighted by molar-refractivity contribution is 7.85. The van der Waals surface area contributed by atoms with E-state index in [1.54, 1.807) is 22.0 Å². The number of hydrogen-bond donors (Lipinski definition) is 0. The Balaban J connectivity index is 2.39. The third kappa shape index (κ3) is 3.78. The molecule has 2 rings (SSSR count). The fourth-order valence-electron chi connectivity index (χ4n) is 2.29. The lowest BCUT2D eigenvalue weighted by Crippen LogP contribution is -2.37. The monoisotopic (exact) mass is 305 g/mol. The molecule has 0 unspecified atom stereocenters. The summed E-state index contributed by atoms with van der Waals surface area (Å²) in [5.41, 5.74) is 2.89. The molecular weight excluding hydrogens is 286 g/mol. The lowest BCUT2D eigenvalue weighted by atomic mass is 10.1. The Morgan fingerprint density at radius 1 is 1.29 bits per heavy atom. The maximum Gasteiger partial charge on any atom is 0.241 e. The maximum absolute atomic E-state index is 12.5. The second kappa shape index (κ2) is 6.67. The first-order valence-electron chi connectivity index (χ1n) is 6.63. The van der Waals surface area contributed by atoms with Crippen LogP contribution in [0, 0.1) is 13.8 Å². The molecule has 0 bridgehead atoms. The van der Waals surface area contributed by atoms with E-state index in [1.807, 2.05) is 38.1 Å². The van der Waals surface area contributed by atoms with Crippen molar-refractivity contribution in [2.24, 2.45) is 0 Å². The zero-order valence-corrected chi connectivity index (χ0v) is 13.3. The maximum atomic E-state index is 12.5. The van der Waals surface area contributed by atoms with Gasteiger partial charge in [0.2, 0.25) is 5.91 Å². The fraction of sp³-hybridized carbons (Fsp3) is 0.333. The average Bonchev–Trinajstić information content (AvgIpc) is 2.89. The van der Waals surface area contributed by atoms with E-state index in [0.717, 1.165) is 16.8 Å². The van der Waals surface area contributed by atoms with Gasteiger partial charge in [0.1, 0.15) is 12.4 Å². The van der Waals surface area contributed by atoms with E-state index in [0.29, 0.717) is 6.67 Å². The van der Waals surface area contributed by atoms with Crippen molar-refractivity contribution in [2.75, 3.05) is 16.9 Å². The zero-order chi connectivity index (χ0) is 15.4. The highest BCUT2D eigenvalue weighted by Crippen LogP contribution is 2.25. The van der Waals surface area contributed by atoms with E-state index < -0.39 is 10.8 Å². The van der Waals surface area contributed by atoms with Crippen LogP contribution in [0.1, 0.15) is 11.1 Å². The Labute approximate surface area is 127 Å². The summed E-state index contributed by atoms with van der Waals surface area (Å²) in [6, 6.07) is 7.71. The zero-order valence-electron chi connectivity index (χ0n) is 12.4. The summed E-state index contributed by atoms with van der Waals surface area (Å²) in [6.45, 7) is 4.25. The van der Waals surface area contributed by atoms with Gasteiger partial charge in [-0.25, -0.2) is 0 Å². The van der Waals surface area contributed by atoms with Crippen molar-refractivity contribution in [3.8, 4) is 0 Å². The molecule has 112 valence electrons. The first-order chi connectivity index (χ1) is 9.99. The number of carbonyl (C=O) groups excluding carboxylic acids is 1. The van der Waals surface area contributed by atoms with Gasteiger partial charge in [-0.15, -0.1) is 0 Å². The van der Waals surface area contributed by atoms with Crippen LogP contribution in [0.5, 0.6) is 0 Å². The predicted molar refractivity (Wildman–Crippen MR) is 84.6 cm³/mol. The fourth-order valence-corrected chi connectivity index (χ4v) is 2.79.